The molecule has 190 valence electrons. The first-order chi connectivity index (χ1) is 16.5. The molecule has 1 amide bonds. The summed E-state index contributed by atoms with van der Waals surface area (Å²) in [7, 11) is -0.313. The van der Waals surface area contributed by atoms with E-state index in [1.807, 2.05) is 0 Å². The highest BCUT2D eigenvalue weighted by molar-refractivity contribution is 7.45. The second-order valence-electron chi connectivity index (χ2n) is 7.18. The van der Waals surface area contributed by atoms with Crippen molar-refractivity contribution in [1.29, 1.82) is 0 Å². The van der Waals surface area contributed by atoms with Crippen LogP contribution in [0.4, 0.5) is 11.4 Å². The first kappa shape index (κ1) is 28.7. The summed E-state index contributed by atoms with van der Waals surface area (Å²) in [6.45, 7) is 4.76. The van der Waals surface area contributed by atoms with Gasteiger partial charge in [-0.05, 0) is 45.0 Å². The molecule has 0 spiro atoms. The molecule has 2 rings (SSSR count). The Hall–Kier alpha value is -2.53. The Morgan fingerprint density at radius 1 is 1.14 bits per heavy atom. The maximum Gasteiger partial charge on any atom is 0.323 e. The summed E-state index contributed by atoms with van der Waals surface area (Å²) >= 11 is 12.1. The van der Waals surface area contributed by atoms with Crippen molar-refractivity contribution in [3.8, 4) is 5.75 Å². The SMILES string of the molecule is COP(NC(C)C(=O)OC(C)C)OCOc1ccc(Cl)cc1C(=O)Nc1ccc([N+](=O)[O-])cc1Cl. The molecule has 0 heterocycles. The quantitative estimate of drug-likeness (QED) is 0.119. The lowest BCUT2D eigenvalue weighted by atomic mass is 10.1. The molecule has 14 heteroatoms. The maximum absolute atomic E-state index is 12.9. The van der Waals surface area contributed by atoms with Crippen molar-refractivity contribution in [1.82, 2.24) is 5.09 Å². The van der Waals surface area contributed by atoms with E-state index in [-0.39, 0.29) is 45.6 Å². The fourth-order valence-electron chi connectivity index (χ4n) is 2.54. The Morgan fingerprint density at radius 3 is 2.46 bits per heavy atom. The molecule has 0 aliphatic rings. The van der Waals surface area contributed by atoms with Crippen LogP contribution in [-0.2, 0) is 18.6 Å². The number of ether oxygens (including phenoxy) is 2. The summed E-state index contributed by atoms with van der Waals surface area (Å²) in [5, 5.41) is 16.6. The summed E-state index contributed by atoms with van der Waals surface area (Å²) in [6, 6.07) is 7.34. The smallest absolute Gasteiger partial charge is 0.323 e. The number of hydrogen-bond donors (Lipinski definition) is 2. The molecule has 11 nitrogen and oxygen atoms in total. The van der Waals surface area contributed by atoms with Crippen LogP contribution in [0.2, 0.25) is 10.0 Å². The normalized spacial score (nSPS) is 12.7. The van der Waals surface area contributed by atoms with Crippen molar-refractivity contribution in [2.24, 2.45) is 0 Å². The van der Waals surface area contributed by atoms with Gasteiger partial charge in [-0.2, -0.15) is 0 Å². The van der Waals surface area contributed by atoms with Crippen LogP contribution in [0.1, 0.15) is 31.1 Å². The van der Waals surface area contributed by atoms with E-state index in [9.17, 15) is 19.7 Å². The van der Waals surface area contributed by atoms with E-state index in [0.29, 0.717) is 0 Å². The predicted molar refractivity (Wildman–Crippen MR) is 132 cm³/mol. The van der Waals surface area contributed by atoms with Gasteiger partial charge in [0.2, 0.25) is 0 Å². The fourth-order valence-corrected chi connectivity index (χ4v) is 3.79. The number of nitrogens with one attached hydrogen (secondary N) is 2. The topological polar surface area (TPSA) is 138 Å². The molecule has 35 heavy (non-hydrogen) atoms. The van der Waals surface area contributed by atoms with Crippen LogP contribution in [0.15, 0.2) is 36.4 Å². The standard InChI is InChI=1S/C21H24Cl2N3O8P/c1-12(2)34-21(28)13(3)25-35(31-4)33-11-32-19-8-5-14(22)9-16(19)20(27)24-18-7-6-15(26(29)30)10-17(18)23/h5-10,12-13,25H,11H2,1-4H3,(H,24,27). The number of benzene rings is 2. The number of non-ortho nitro benzene ring substituents is 1. The average Bonchev–Trinajstić information content (AvgIpc) is 2.79. The lowest BCUT2D eigenvalue weighted by Gasteiger charge is -2.21. The molecule has 2 atom stereocenters. The first-order valence-electron chi connectivity index (χ1n) is 10.1. The number of hydrogen-bond acceptors (Lipinski definition) is 9. The Labute approximate surface area is 213 Å². The summed E-state index contributed by atoms with van der Waals surface area (Å²) in [6.07, 6.45) is -0.264. The molecule has 2 aromatic carbocycles. The second kappa shape index (κ2) is 13.5. The highest BCUT2D eigenvalue weighted by Gasteiger charge is 2.22. The van der Waals surface area contributed by atoms with Crippen LogP contribution in [0.5, 0.6) is 5.75 Å². The van der Waals surface area contributed by atoms with Gasteiger partial charge in [-0.25, -0.2) is 5.09 Å². The number of nitrogens with zero attached hydrogens (tertiary/aromatic N) is 1. The second-order valence-corrected chi connectivity index (χ2v) is 9.42. The Morgan fingerprint density at radius 2 is 1.86 bits per heavy atom. The highest BCUT2D eigenvalue weighted by atomic mass is 35.5. The van der Waals surface area contributed by atoms with Crippen LogP contribution in [0, 0.1) is 10.1 Å². The van der Waals surface area contributed by atoms with E-state index >= 15 is 0 Å². The summed E-state index contributed by atoms with van der Waals surface area (Å²) < 4.78 is 21.4. The molecule has 2 unspecified atom stereocenters. The monoisotopic (exact) mass is 547 g/mol. The number of anilines is 1. The van der Waals surface area contributed by atoms with Gasteiger partial charge in [0.05, 0.1) is 27.3 Å². The molecule has 0 aliphatic carbocycles. The Kier molecular flexibility index (Phi) is 11.1. The number of amides is 1. The minimum Gasteiger partial charge on any atom is -0.466 e. The highest BCUT2D eigenvalue weighted by Crippen LogP contribution is 2.34. The molecular weight excluding hydrogens is 524 g/mol. The number of rotatable bonds is 12. The molecular formula is C21H24Cl2N3O8P. The molecule has 0 saturated carbocycles. The van der Waals surface area contributed by atoms with Gasteiger partial charge in [0.25, 0.3) is 20.1 Å². The fraction of sp³-hybridized carbons (Fsp3) is 0.333. The van der Waals surface area contributed by atoms with E-state index in [0.717, 1.165) is 6.07 Å². The van der Waals surface area contributed by atoms with Gasteiger partial charge in [0, 0.05) is 24.3 Å². The van der Waals surface area contributed by atoms with Crippen molar-refractivity contribution in [2.45, 2.75) is 32.9 Å². The lowest BCUT2D eigenvalue weighted by molar-refractivity contribution is -0.384. The molecule has 2 N–H and O–H groups in total. The molecule has 0 bridgehead atoms. The van der Waals surface area contributed by atoms with Gasteiger partial charge in [-0.1, -0.05) is 23.2 Å². The zero-order chi connectivity index (χ0) is 26.1. The summed E-state index contributed by atoms with van der Waals surface area (Å²) in [5.41, 5.74) is 0.0184. The van der Waals surface area contributed by atoms with Crippen molar-refractivity contribution in [3.63, 3.8) is 0 Å². The number of nitro benzene ring substituents is 1. The molecule has 0 saturated heterocycles. The number of halogens is 2. The zero-order valence-corrected chi connectivity index (χ0v) is 21.6. The third-order valence-corrected chi connectivity index (χ3v) is 5.97. The minimum absolute atomic E-state index is 0.0118. The zero-order valence-electron chi connectivity index (χ0n) is 19.2. The van der Waals surface area contributed by atoms with Crippen molar-refractivity contribution in [2.75, 3.05) is 19.2 Å². The predicted octanol–water partition coefficient (Wildman–Crippen LogP) is 5.31. The third-order valence-electron chi connectivity index (χ3n) is 4.15. The van der Waals surface area contributed by atoms with E-state index in [4.69, 9.17) is 41.7 Å². The van der Waals surface area contributed by atoms with Gasteiger partial charge in [-0.3, -0.25) is 24.2 Å². The van der Waals surface area contributed by atoms with Crippen LogP contribution >= 0.6 is 31.7 Å². The van der Waals surface area contributed by atoms with E-state index < -0.39 is 31.4 Å². The minimum atomic E-state index is -1.71. The van der Waals surface area contributed by atoms with Gasteiger partial charge in [-0.15, -0.1) is 0 Å². The summed E-state index contributed by atoms with van der Waals surface area (Å²) in [5.74, 6) is -0.936. The molecule has 0 aromatic heterocycles. The van der Waals surface area contributed by atoms with Crippen LogP contribution in [0.3, 0.4) is 0 Å². The van der Waals surface area contributed by atoms with Gasteiger partial charge in [0.15, 0.2) is 6.79 Å². The van der Waals surface area contributed by atoms with E-state index in [1.54, 1.807) is 20.8 Å². The van der Waals surface area contributed by atoms with E-state index in [2.05, 4.69) is 10.4 Å². The number of esters is 1. The Bertz CT molecular complexity index is 1070. The average molecular weight is 548 g/mol. The number of nitro groups is 1. The number of carbonyl (C=O) groups is 2. The third kappa shape index (κ3) is 8.88. The molecule has 0 fully saturated rings. The molecule has 0 radical (unpaired) electrons. The van der Waals surface area contributed by atoms with Crippen molar-refractivity contribution >= 4 is 55.0 Å². The lowest BCUT2D eigenvalue weighted by Crippen LogP contribution is -2.34. The Balaban J connectivity index is 2.05. The molecule has 2 aromatic rings. The van der Waals surface area contributed by atoms with Gasteiger partial charge < -0.3 is 19.3 Å². The first-order valence-corrected chi connectivity index (χ1v) is 12.1. The summed E-state index contributed by atoms with van der Waals surface area (Å²) in [4.78, 5) is 35.1. The van der Waals surface area contributed by atoms with Crippen LogP contribution in [-0.4, -0.2) is 42.8 Å². The molecule has 0 aliphatic heterocycles. The van der Waals surface area contributed by atoms with E-state index in [1.165, 1.54) is 37.4 Å². The van der Waals surface area contributed by atoms with Crippen molar-refractivity contribution in [3.05, 3.63) is 62.1 Å². The van der Waals surface area contributed by atoms with Crippen LogP contribution in [0.25, 0.3) is 0 Å². The van der Waals surface area contributed by atoms with Gasteiger partial charge >= 0.3 is 5.97 Å². The van der Waals surface area contributed by atoms with Crippen LogP contribution < -0.4 is 15.1 Å². The maximum atomic E-state index is 12.9. The largest absolute Gasteiger partial charge is 0.466 e. The van der Waals surface area contributed by atoms with Gasteiger partial charge in [0.1, 0.15) is 11.8 Å². The number of carbonyl (C=O) groups excluding carboxylic acids is 2. The van der Waals surface area contributed by atoms with Crippen molar-refractivity contribution < 1.29 is 33.0 Å².